The molecule has 12 heteroatoms. The summed E-state index contributed by atoms with van der Waals surface area (Å²) in [5.74, 6) is -0.710. The van der Waals surface area contributed by atoms with Crippen molar-refractivity contribution in [2.75, 3.05) is 5.32 Å². The molecule has 30 heavy (non-hydrogen) atoms. The van der Waals surface area contributed by atoms with Crippen LogP contribution in [-0.4, -0.2) is 30.4 Å². The average molecular weight is 516 g/mol. The van der Waals surface area contributed by atoms with E-state index in [0.29, 0.717) is 33.7 Å². The van der Waals surface area contributed by atoms with Gasteiger partial charge in [-0.2, -0.15) is 9.78 Å². The molecule has 0 saturated heterocycles. The van der Waals surface area contributed by atoms with Gasteiger partial charge in [0.25, 0.3) is 0 Å². The van der Waals surface area contributed by atoms with E-state index in [1.165, 1.54) is 4.68 Å². The van der Waals surface area contributed by atoms with Crippen molar-refractivity contribution in [2.24, 2.45) is 0 Å². The number of carbonyl (C=O) groups is 1. The van der Waals surface area contributed by atoms with Crippen LogP contribution in [0, 0.1) is 30.9 Å². The Morgan fingerprint density at radius 2 is 1.90 bits per heavy atom. The van der Waals surface area contributed by atoms with Gasteiger partial charge in [0.05, 0.1) is 34.4 Å². The van der Waals surface area contributed by atoms with Gasteiger partial charge in [-0.1, -0.05) is 29.3 Å². The van der Waals surface area contributed by atoms with E-state index in [1.807, 2.05) is 13.0 Å². The SMILES string of the molecule is Cc1nn(Cc2ccc(Cl)cc2Cl)c(C)c1NC(=O)Cn1nc([N+](=O)[O-])c(Br)c1C. The highest BCUT2D eigenvalue weighted by Crippen LogP contribution is 2.28. The largest absolute Gasteiger partial charge is 0.404 e. The maximum Gasteiger partial charge on any atom is 0.404 e. The Balaban J connectivity index is 1.78. The van der Waals surface area contributed by atoms with Gasteiger partial charge >= 0.3 is 5.82 Å². The minimum absolute atomic E-state index is 0.175. The van der Waals surface area contributed by atoms with Crippen LogP contribution in [-0.2, 0) is 17.9 Å². The van der Waals surface area contributed by atoms with Gasteiger partial charge in [-0.3, -0.25) is 9.48 Å². The standard InChI is InChI=1S/C18H17BrCl2N6O3/c1-9-17(11(3)25(23-9)7-12-4-5-13(20)6-14(12)21)22-15(28)8-26-10(2)16(19)18(24-26)27(29)30/h4-6H,7-8H2,1-3H3,(H,22,28). The zero-order valence-corrected chi connectivity index (χ0v) is 19.3. The third-order valence-electron chi connectivity index (χ3n) is 4.56. The number of hydrogen-bond donors (Lipinski definition) is 1. The van der Waals surface area contributed by atoms with Gasteiger partial charge in [0, 0.05) is 10.0 Å². The summed E-state index contributed by atoms with van der Waals surface area (Å²) in [6, 6.07) is 5.24. The first-order valence-electron chi connectivity index (χ1n) is 8.73. The lowest BCUT2D eigenvalue weighted by atomic mass is 10.2. The fourth-order valence-electron chi connectivity index (χ4n) is 2.94. The van der Waals surface area contributed by atoms with Crippen LogP contribution in [0.1, 0.15) is 22.6 Å². The number of nitrogens with one attached hydrogen (secondary N) is 1. The summed E-state index contributed by atoms with van der Waals surface area (Å²) >= 11 is 15.3. The minimum Gasteiger partial charge on any atom is -0.358 e. The van der Waals surface area contributed by atoms with Gasteiger partial charge < -0.3 is 15.4 Å². The van der Waals surface area contributed by atoms with Crippen LogP contribution in [0.2, 0.25) is 10.0 Å². The number of aryl methyl sites for hydroxylation is 1. The predicted octanol–water partition coefficient (Wildman–Crippen LogP) is 4.67. The molecule has 0 bridgehead atoms. The highest BCUT2D eigenvalue weighted by molar-refractivity contribution is 9.10. The van der Waals surface area contributed by atoms with Crippen LogP contribution in [0.15, 0.2) is 22.7 Å². The number of anilines is 1. The summed E-state index contributed by atoms with van der Waals surface area (Å²) in [5, 5.41) is 23.3. The van der Waals surface area contributed by atoms with Crippen LogP contribution >= 0.6 is 39.1 Å². The van der Waals surface area contributed by atoms with Crippen LogP contribution in [0.4, 0.5) is 11.5 Å². The maximum atomic E-state index is 12.6. The van der Waals surface area contributed by atoms with E-state index < -0.39 is 4.92 Å². The fraction of sp³-hybridized carbons (Fsp3) is 0.278. The molecule has 0 aliphatic heterocycles. The Kier molecular flexibility index (Phi) is 6.49. The van der Waals surface area contributed by atoms with Crippen molar-refractivity contribution >= 4 is 56.5 Å². The molecule has 0 spiro atoms. The van der Waals surface area contributed by atoms with Crippen molar-refractivity contribution in [3.63, 3.8) is 0 Å². The molecule has 1 N–H and O–H groups in total. The van der Waals surface area contributed by atoms with Gasteiger partial charge in [-0.05, 0) is 59.3 Å². The quantitative estimate of drug-likeness (QED) is 0.379. The number of aromatic nitrogens is 4. The molecule has 3 rings (SSSR count). The monoisotopic (exact) mass is 514 g/mol. The molecule has 9 nitrogen and oxygen atoms in total. The number of hydrogen-bond acceptors (Lipinski definition) is 5. The van der Waals surface area contributed by atoms with Crippen molar-refractivity contribution in [1.29, 1.82) is 0 Å². The van der Waals surface area contributed by atoms with E-state index in [9.17, 15) is 14.9 Å². The zero-order valence-electron chi connectivity index (χ0n) is 16.2. The van der Waals surface area contributed by atoms with E-state index in [4.69, 9.17) is 23.2 Å². The van der Waals surface area contributed by atoms with Crippen LogP contribution < -0.4 is 5.32 Å². The lowest BCUT2D eigenvalue weighted by Crippen LogP contribution is -2.21. The summed E-state index contributed by atoms with van der Waals surface area (Å²) in [6.07, 6.45) is 0. The van der Waals surface area contributed by atoms with E-state index >= 15 is 0 Å². The summed E-state index contributed by atoms with van der Waals surface area (Å²) in [4.78, 5) is 23.0. The molecule has 158 valence electrons. The van der Waals surface area contributed by atoms with Crippen molar-refractivity contribution in [1.82, 2.24) is 19.6 Å². The number of carbonyl (C=O) groups excluding carboxylic acids is 1. The summed E-state index contributed by atoms with van der Waals surface area (Å²) in [6.45, 7) is 5.49. The van der Waals surface area contributed by atoms with E-state index in [-0.39, 0.29) is 22.7 Å². The molecule has 2 heterocycles. The van der Waals surface area contributed by atoms with Crippen molar-refractivity contribution in [3.05, 3.63) is 65.5 Å². The Bertz CT molecular complexity index is 1160. The maximum absolute atomic E-state index is 12.6. The molecule has 0 radical (unpaired) electrons. The summed E-state index contributed by atoms with van der Waals surface area (Å²) in [5.41, 5.74) is 3.28. The molecular weight excluding hydrogens is 499 g/mol. The minimum atomic E-state index is -0.605. The van der Waals surface area contributed by atoms with Crippen LogP contribution in [0.3, 0.4) is 0 Å². The summed E-state index contributed by atoms with van der Waals surface area (Å²) < 4.78 is 3.26. The third-order valence-corrected chi connectivity index (χ3v) is 6.08. The van der Waals surface area contributed by atoms with Crippen LogP contribution in [0.5, 0.6) is 0 Å². The number of halogens is 3. The second-order valence-corrected chi connectivity index (χ2v) is 8.26. The van der Waals surface area contributed by atoms with E-state index in [2.05, 4.69) is 31.4 Å². The van der Waals surface area contributed by atoms with Crippen molar-refractivity contribution < 1.29 is 9.72 Å². The van der Waals surface area contributed by atoms with Gasteiger partial charge in [0.15, 0.2) is 0 Å². The van der Waals surface area contributed by atoms with Gasteiger partial charge in [0.2, 0.25) is 5.91 Å². The topological polar surface area (TPSA) is 108 Å². The fourth-order valence-corrected chi connectivity index (χ4v) is 3.83. The first-order valence-corrected chi connectivity index (χ1v) is 10.3. The third kappa shape index (κ3) is 4.50. The predicted molar refractivity (Wildman–Crippen MR) is 117 cm³/mol. The normalized spacial score (nSPS) is 11.0. The van der Waals surface area contributed by atoms with Crippen LogP contribution in [0.25, 0.3) is 0 Å². The van der Waals surface area contributed by atoms with E-state index in [1.54, 1.807) is 30.7 Å². The second kappa shape index (κ2) is 8.75. The highest BCUT2D eigenvalue weighted by atomic mass is 79.9. The highest BCUT2D eigenvalue weighted by Gasteiger charge is 2.25. The first-order chi connectivity index (χ1) is 14.1. The molecule has 0 aliphatic carbocycles. The summed E-state index contributed by atoms with van der Waals surface area (Å²) in [7, 11) is 0. The Labute approximate surface area is 190 Å². The number of amides is 1. The molecule has 0 unspecified atom stereocenters. The van der Waals surface area contributed by atoms with E-state index in [0.717, 1.165) is 11.3 Å². The molecule has 0 atom stereocenters. The smallest absolute Gasteiger partial charge is 0.358 e. The van der Waals surface area contributed by atoms with Crippen molar-refractivity contribution in [3.8, 4) is 0 Å². The molecule has 2 aromatic heterocycles. The lowest BCUT2D eigenvalue weighted by molar-refractivity contribution is -0.390. The Morgan fingerprint density at radius 3 is 2.50 bits per heavy atom. The molecule has 0 fully saturated rings. The first kappa shape index (κ1) is 22.3. The van der Waals surface area contributed by atoms with Crippen molar-refractivity contribution in [2.45, 2.75) is 33.9 Å². The number of benzene rings is 1. The molecule has 0 aliphatic rings. The number of nitro groups is 1. The van der Waals surface area contributed by atoms with Gasteiger partial charge in [-0.15, -0.1) is 0 Å². The van der Waals surface area contributed by atoms with Gasteiger partial charge in [0.1, 0.15) is 11.0 Å². The molecular formula is C18H17BrCl2N6O3. The molecule has 3 aromatic rings. The second-order valence-electron chi connectivity index (χ2n) is 6.63. The molecule has 1 aromatic carbocycles. The number of rotatable bonds is 6. The lowest BCUT2D eigenvalue weighted by Gasteiger charge is -2.08. The Morgan fingerprint density at radius 1 is 1.20 bits per heavy atom. The zero-order chi connectivity index (χ0) is 22.2. The van der Waals surface area contributed by atoms with Gasteiger partial charge in [-0.25, -0.2) is 0 Å². The number of nitrogens with zero attached hydrogens (tertiary/aromatic N) is 5. The average Bonchev–Trinajstić information content (AvgIpc) is 3.09. The Hall–Kier alpha value is -2.43. The molecule has 0 saturated carbocycles. The molecule has 1 amide bonds.